The van der Waals surface area contributed by atoms with Crippen LogP contribution in [0.2, 0.25) is 0 Å². The van der Waals surface area contributed by atoms with Crippen LogP contribution in [0.4, 0.5) is 11.8 Å². The average Bonchev–Trinajstić information content (AvgIpc) is 3.34. The van der Waals surface area contributed by atoms with Crippen molar-refractivity contribution in [1.82, 2.24) is 14.9 Å². The Labute approximate surface area is 156 Å². The second-order valence-corrected chi connectivity index (χ2v) is 8.03. The molecule has 0 radical (unpaired) electrons. The number of hydrogen-bond acceptors (Lipinski definition) is 6. The smallest absolute Gasteiger partial charge is 0.227 e. The van der Waals surface area contributed by atoms with Gasteiger partial charge in [-0.1, -0.05) is 26.0 Å². The Hall–Kier alpha value is -1.66. The molecule has 6 heteroatoms. The monoisotopic (exact) mass is 357 g/mol. The van der Waals surface area contributed by atoms with Gasteiger partial charge in [-0.3, -0.25) is 4.90 Å². The van der Waals surface area contributed by atoms with E-state index in [1.807, 2.05) is 12.3 Å². The lowest BCUT2D eigenvalue weighted by atomic mass is 9.94. The molecule has 2 saturated heterocycles. The first-order chi connectivity index (χ1) is 12.7. The molecule has 0 aliphatic carbocycles. The molecule has 0 amide bonds. The molecule has 1 aromatic rings. The van der Waals surface area contributed by atoms with Crippen molar-refractivity contribution in [2.75, 3.05) is 43.0 Å². The van der Waals surface area contributed by atoms with Gasteiger partial charge < -0.3 is 15.0 Å². The molecule has 4 heterocycles. The summed E-state index contributed by atoms with van der Waals surface area (Å²) in [7, 11) is 0. The first-order valence-electron chi connectivity index (χ1n) is 10.1. The summed E-state index contributed by atoms with van der Waals surface area (Å²) in [4.78, 5) is 14.2. The molecule has 26 heavy (non-hydrogen) atoms. The topological polar surface area (TPSA) is 53.5 Å². The minimum atomic E-state index is 0.251. The Balaban J connectivity index is 1.40. The number of nitrogens with one attached hydrogen (secondary N) is 1. The van der Waals surface area contributed by atoms with Crippen LogP contribution in [0.1, 0.15) is 33.1 Å². The van der Waals surface area contributed by atoms with Gasteiger partial charge in [-0.05, 0) is 31.2 Å². The predicted octanol–water partition coefficient (Wildman–Crippen LogP) is 2.54. The molecule has 3 aliphatic rings. The van der Waals surface area contributed by atoms with E-state index in [2.05, 4.69) is 46.1 Å². The zero-order chi connectivity index (χ0) is 17.9. The average molecular weight is 358 g/mol. The molecule has 0 aromatic carbocycles. The van der Waals surface area contributed by atoms with Gasteiger partial charge >= 0.3 is 0 Å². The number of aromatic nitrogens is 2. The van der Waals surface area contributed by atoms with Crippen LogP contribution in [-0.2, 0) is 4.74 Å². The van der Waals surface area contributed by atoms with Gasteiger partial charge in [0.2, 0.25) is 5.95 Å². The third-order valence-electron chi connectivity index (χ3n) is 5.81. The highest BCUT2D eigenvalue weighted by atomic mass is 16.5. The fraction of sp³-hybridized carbons (Fsp3) is 0.700. The Bertz CT molecular complexity index is 626. The highest BCUT2D eigenvalue weighted by Gasteiger charge is 2.31. The Morgan fingerprint density at radius 2 is 2.08 bits per heavy atom. The Kier molecular flexibility index (Phi) is 5.41. The lowest BCUT2D eigenvalue weighted by Crippen LogP contribution is -2.43. The molecule has 0 bridgehead atoms. The third kappa shape index (κ3) is 3.86. The summed E-state index contributed by atoms with van der Waals surface area (Å²) in [6.07, 6.45) is 10.1. The second kappa shape index (κ2) is 7.92. The zero-order valence-corrected chi connectivity index (χ0v) is 16.0. The fourth-order valence-corrected chi connectivity index (χ4v) is 4.40. The van der Waals surface area contributed by atoms with Gasteiger partial charge in [0, 0.05) is 45.0 Å². The van der Waals surface area contributed by atoms with Gasteiger partial charge in [0.25, 0.3) is 0 Å². The maximum Gasteiger partial charge on any atom is 0.227 e. The van der Waals surface area contributed by atoms with E-state index >= 15 is 0 Å². The molecule has 3 atom stereocenters. The predicted molar refractivity (Wildman–Crippen MR) is 105 cm³/mol. The largest absolute Gasteiger partial charge is 0.376 e. The van der Waals surface area contributed by atoms with Crippen molar-refractivity contribution >= 4 is 11.8 Å². The van der Waals surface area contributed by atoms with Crippen molar-refractivity contribution < 1.29 is 4.74 Å². The molecule has 4 rings (SSSR count). The molecule has 1 aromatic heterocycles. The third-order valence-corrected chi connectivity index (χ3v) is 5.81. The van der Waals surface area contributed by atoms with Gasteiger partial charge in [-0.15, -0.1) is 0 Å². The molecule has 2 fully saturated rings. The number of hydrogen-bond donors (Lipinski definition) is 1. The van der Waals surface area contributed by atoms with E-state index in [9.17, 15) is 0 Å². The minimum Gasteiger partial charge on any atom is -0.376 e. The standard InChI is InChI=1S/C20H31N5O/c1-15(2)19-17(6-5-13-26-19)22-18-7-9-21-20(23-18)25-12-8-16(14-25)24-10-3-4-11-24/h3-4,7,9,15-17,19H,5-6,8,10-14H2,1-2H3,(H,21,22,23). The van der Waals surface area contributed by atoms with Crippen molar-refractivity contribution in [3.63, 3.8) is 0 Å². The quantitative estimate of drug-likeness (QED) is 0.818. The van der Waals surface area contributed by atoms with Crippen LogP contribution in [-0.4, -0.2) is 65.8 Å². The van der Waals surface area contributed by atoms with Crippen LogP contribution in [0.25, 0.3) is 0 Å². The number of ether oxygens (including phenoxy) is 1. The maximum atomic E-state index is 6.00. The SMILES string of the molecule is CC(C)C1OCCCC1Nc1ccnc(N2CCC(N3CC=CC3)C2)n1. The first kappa shape index (κ1) is 17.7. The first-order valence-corrected chi connectivity index (χ1v) is 10.1. The number of nitrogens with zero attached hydrogens (tertiary/aromatic N) is 4. The summed E-state index contributed by atoms with van der Waals surface area (Å²) >= 11 is 0. The summed E-state index contributed by atoms with van der Waals surface area (Å²) in [6.45, 7) is 9.55. The molecule has 0 saturated carbocycles. The van der Waals surface area contributed by atoms with Gasteiger partial charge in [0.05, 0.1) is 12.1 Å². The summed E-state index contributed by atoms with van der Waals surface area (Å²) < 4.78 is 6.00. The van der Waals surface area contributed by atoms with E-state index in [-0.39, 0.29) is 6.10 Å². The molecule has 1 N–H and O–H groups in total. The molecule has 6 nitrogen and oxygen atoms in total. The van der Waals surface area contributed by atoms with Crippen LogP contribution in [0.5, 0.6) is 0 Å². The molecule has 0 spiro atoms. The highest BCUT2D eigenvalue weighted by molar-refractivity contribution is 5.43. The molecule has 3 unspecified atom stereocenters. The van der Waals surface area contributed by atoms with Crippen LogP contribution in [0.3, 0.4) is 0 Å². The van der Waals surface area contributed by atoms with Crippen molar-refractivity contribution in [3.8, 4) is 0 Å². The summed E-state index contributed by atoms with van der Waals surface area (Å²) in [5.41, 5.74) is 0. The van der Waals surface area contributed by atoms with Crippen LogP contribution in [0.15, 0.2) is 24.4 Å². The minimum absolute atomic E-state index is 0.251. The van der Waals surface area contributed by atoms with E-state index in [0.717, 1.165) is 57.4 Å². The van der Waals surface area contributed by atoms with Crippen LogP contribution < -0.4 is 10.2 Å². The lowest BCUT2D eigenvalue weighted by molar-refractivity contribution is -0.0203. The highest BCUT2D eigenvalue weighted by Crippen LogP contribution is 2.25. The Morgan fingerprint density at radius 1 is 1.23 bits per heavy atom. The van der Waals surface area contributed by atoms with E-state index in [0.29, 0.717) is 18.0 Å². The van der Waals surface area contributed by atoms with Crippen molar-refractivity contribution in [3.05, 3.63) is 24.4 Å². The molecule has 142 valence electrons. The molecule has 3 aliphatic heterocycles. The molecular formula is C20H31N5O. The maximum absolute atomic E-state index is 6.00. The van der Waals surface area contributed by atoms with E-state index in [1.54, 1.807) is 0 Å². The number of anilines is 2. The van der Waals surface area contributed by atoms with Crippen molar-refractivity contribution in [2.45, 2.75) is 51.3 Å². The summed E-state index contributed by atoms with van der Waals surface area (Å²) in [5, 5.41) is 3.62. The summed E-state index contributed by atoms with van der Waals surface area (Å²) in [5.74, 6) is 2.27. The van der Waals surface area contributed by atoms with Gasteiger partial charge in [0.1, 0.15) is 5.82 Å². The van der Waals surface area contributed by atoms with E-state index < -0.39 is 0 Å². The fourth-order valence-electron chi connectivity index (χ4n) is 4.40. The van der Waals surface area contributed by atoms with Gasteiger partial charge in [0.15, 0.2) is 0 Å². The van der Waals surface area contributed by atoms with Crippen LogP contribution >= 0.6 is 0 Å². The van der Waals surface area contributed by atoms with E-state index in [4.69, 9.17) is 9.72 Å². The number of rotatable bonds is 5. The van der Waals surface area contributed by atoms with Gasteiger partial charge in [-0.25, -0.2) is 4.98 Å². The normalized spacial score (nSPS) is 29.7. The van der Waals surface area contributed by atoms with Crippen LogP contribution in [0, 0.1) is 5.92 Å². The lowest BCUT2D eigenvalue weighted by Gasteiger charge is -2.35. The van der Waals surface area contributed by atoms with E-state index in [1.165, 1.54) is 6.42 Å². The Morgan fingerprint density at radius 3 is 2.88 bits per heavy atom. The van der Waals surface area contributed by atoms with Crippen molar-refractivity contribution in [2.24, 2.45) is 5.92 Å². The second-order valence-electron chi connectivity index (χ2n) is 8.03. The van der Waals surface area contributed by atoms with Crippen molar-refractivity contribution in [1.29, 1.82) is 0 Å². The summed E-state index contributed by atoms with van der Waals surface area (Å²) in [6, 6.07) is 2.92. The van der Waals surface area contributed by atoms with Gasteiger partial charge in [-0.2, -0.15) is 4.98 Å². The molecular weight excluding hydrogens is 326 g/mol. The zero-order valence-electron chi connectivity index (χ0n) is 16.0.